The predicted molar refractivity (Wildman–Crippen MR) is 84.4 cm³/mol. The molecule has 0 aliphatic rings. The molecule has 2 nitrogen and oxygen atoms in total. The standard InChI is InChI=1S/C17H22O2S/c1-13(2)12-19-15-6-3-5-14(11-15)8-9-16(18)17-7-4-10-20-17/h3-7,10-11,13,16,18H,8-9,12H2,1-2H3. The van der Waals surface area contributed by atoms with Crippen molar-refractivity contribution in [3.63, 3.8) is 0 Å². The summed E-state index contributed by atoms with van der Waals surface area (Å²) in [6, 6.07) is 12.1. The normalized spacial score (nSPS) is 12.6. The number of rotatable bonds is 7. The molecule has 1 aromatic heterocycles. The van der Waals surface area contributed by atoms with Crippen LogP contribution in [0.25, 0.3) is 0 Å². The van der Waals surface area contributed by atoms with Gasteiger partial charge < -0.3 is 9.84 Å². The van der Waals surface area contributed by atoms with Gasteiger partial charge >= 0.3 is 0 Å². The molecule has 0 aliphatic carbocycles. The second-order valence-electron chi connectivity index (χ2n) is 5.42. The van der Waals surface area contributed by atoms with E-state index in [1.54, 1.807) is 11.3 Å². The summed E-state index contributed by atoms with van der Waals surface area (Å²) < 4.78 is 5.73. The van der Waals surface area contributed by atoms with Gasteiger partial charge in [0.05, 0.1) is 12.7 Å². The number of benzene rings is 1. The van der Waals surface area contributed by atoms with Crippen molar-refractivity contribution >= 4 is 11.3 Å². The molecule has 0 fully saturated rings. The zero-order valence-corrected chi connectivity index (χ0v) is 12.9. The quantitative estimate of drug-likeness (QED) is 0.816. The Kier molecular flexibility index (Phi) is 5.62. The Bertz CT molecular complexity index is 505. The van der Waals surface area contributed by atoms with Gasteiger partial charge in [0.15, 0.2) is 0 Å². The number of hydrogen-bond acceptors (Lipinski definition) is 3. The van der Waals surface area contributed by atoms with Crippen LogP contribution in [0.15, 0.2) is 41.8 Å². The number of aliphatic hydroxyl groups is 1. The average Bonchev–Trinajstić information content (AvgIpc) is 2.97. The van der Waals surface area contributed by atoms with Crippen LogP contribution in [0.4, 0.5) is 0 Å². The summed E-state index contributed by atoms with van der Waals surface area (Å²) in [5, 5.41) is 12.1. The molecular weight excluding hydrogens is 268 g/mol. The van der Waals surface area contributed by atoms with Crippen LogP contribution in [-0.4, -0.2) is 11.7 Å². The van der Waals surface area contributed by atoms with E-state index >= 15 is 0 Å². The van der Waals surface area contributed by atoms with Gasteiger partial charge in [0, 0.05) is 4.88 Å². The molecule has 1 heterocycles. The first kappa shape index (κ1) is 15.1. The van der Waals surface area contributed by atoms with Gasteiger partial charge in [-0.05, 0) is 47.9 Å². The van der Waals surface area contributed by atoms with Crippen LogP contribution < -0.4 is 4.74 Å². The summed E-state index contributed by atoms with van der Waals surface area (Å²) >= 11 is 1.61. The highest BCUT2D eigenvalue weighted by molar-refractivity contribution is 7.10. The van der Waals surface area contributed by atoms with Gasteiger partial charge in [0.25, 0.3) is 0 Å². The number of hydrogen-bond donors (Lipinski definition) is 1. The second-order valence-corrected chi connectivity index (χ2v) is 6.40. The van der Waals surface area contributed by atoms with Crippen LogP contribution in [0.5, 0.6) is 5.75 Å². The summed E-state index contributed by atoms with van der Waals surface area (Å²) in [6.45, 7) is 5.02. The fraction of sp³-hybridized carbons (Fsp3) is 0.412. The first-order valence-electron chi connectivity index (χ1n) is 7.08. The minimum atomic E-state index is -0.366. The second kappa shape index (κ2) is 7.46. The fourth-order valence-electron chi connectivity index (χ4n) is 1.98. The minimum absolute atomic E-state index is 0.366. The highest BCUT2D eigenvalue weighted by Crippen LogP contribution is 2.24. The minimum Gasteiger partial charge on any atom is -0.493 e. The monoisotopic (exact) mass is 290 g/mol. The van der Waals surface area contributed by atoms with E-state index in [-0.39, 0.29) is 6.10 Å². The van der Waals surface area contributed by atoms with Crippen molar-refractivity contribution in [3.8, 4) is 5.75 Å². The highest BCUT2D eigenvalue weighted by atomic mass is 32.1. The molecule has 0 amide bonds. The van der Waals surface area contributed by atoms with E-state index in [1.807, 2.05) is 29.6 Å². The molecule has 1 N–H and O–H groups in total. The van der Waals surface area contributed by atoms with E-state index in [2.05, 4.69) is 26.0 Å². The van der Waals surface area contributed by atoms with Gasteiger partial charge in [0.2, 0.25) is 0 Å². The van der Waals surface area contributed by atoms with E-state index in [4.69, 9.17) is 4.74 Å². The first-order chi connectivity index (χ1) is 9.65. The van der Waals surface area contributed by atoms with Crippen molar-refractivity contribution in [1.29, 1.82) is 0 Å². The molecule has 1 aromatic carbocycles. The van der Waals surface area contributed by atoms with Crippen LogP contribution >= 0.6 is 11.3 Å². The van der Waals surface area contributed by atoms with Crippen molar-refractivity contribution < 1.29 is 9.84 Å². The Morgan fingerprint density at radius 2 is 2.05 bits per heavy atom. The summed E-state index contributed by atoms with van der Waals surface area (Å²) in [5.41, 5.74) is 1.21. The summed E-state index contributed by atoms with van der Waals surface area (Å²) in [6.07, 6.45) is 1.24. The smallest absolute Gasteiger partial charge is 0.119 e. The molecule has 1 atom stereocenters. The lowest BCUT2D eigenvalue weighted by atomic mass is 10.1. The van der Waals surface area contributed by atoms with Crippen molar-refractivity contribution in [1.82, 2.24) is 0 Å². The maximum absolute atomic E-state index is 10.1. The van der Waals surface area contributed by atoms with Gasteiger partial charge in [-0.1, -0.05) is 32.0 Å². The molecular formula is C17H22O2S. The van der Waals surface area contributed by atoms with E-state index < -0.39 is 0 Å². The molecule has 1 unspecified atom stereocenters. The molecule has 20 heavy (non-hydrogen) atoms. The zero-order chi connectivity index (χ0) is 14.4. The molecule has 0 saturated heterocycles. The third-order valence-corrected chi connectivity index (χ3v) is 4.03. The van der Waals surface area contributed by atoms with Gasteiger partial charge in [-0.15, -0.1) is 11.3 Å². The summed E-state index contributed by atoms with van der Waals surface area (Å²) in [4.78, 5) is 1.04. The highest BCUT2D eigenvalue weighted by Gasteiger charge is 2.08. The van der Waals surface area contributed by atoms with Gasteiger partial charge in [-0.3, -0.25) is 0 Å². The molecule has 3 heteroatoms. The fourth-order valence-corrected chi connectivity index (χ4v) is 2.73. The maximum Gasteiger partial charge on any atom is 0.119 e. The summed E-state index contributed by atoms with van der Waals surface area (Å²) in [7, 11) is 0. The third kappa shape index (κ3) is 4.66. The van der Waals surface area contributed by atoms with E-state index in [0.717, 1.165) is 30.1 Å². The third-order valence-electron chi connectivity index (χ3n) is 3.06. The Labute approximate surface area is 125 Å². The molecule has 108 valence electrons. The molecule has 2 rings (SSSR count). The zero-order valence-electron chi connectivity index (χ0n) is 12.1. The lowest BCUT2D eigenvalue weighted by Crippen LogP contribution is -2.04. The van der Waals surface area contributed by atoms with E-state index in [9.17, 15) is 5.11 Å². The van der Waals surface area contributed by atoms with Crippen LogP contribution in [-0.2, 0) is 6.42 Å². The van der Waals surface area contributed by atoms with Crippen LogP contribution in [0.1, 0.15) is 36.8 Å². The van der Waals surface area contributed by atoms with Crippen molar-refractivity contribution in [2.45, 2.75) is 32.8 Å². The molecule has 0 spiro atoms. The topological polar surface area (TPSA) is 29.5 Å². The van der Waals surface area contributed by atoms with Crippen molar-refractivity contribution in [2.75, 3.05) is 6.61 Å². The Balaban J connectivity index is 1.88. The number of ether oxygens (including phenoxy) is 1. The Morgan fingerprint density at radius 1 is 1.20 bits per heavy atom. The molecule has 0 aliphatic heterocycles. The van der Waals surface area contributed by atoms with Crippen LogP contribution in [0.2, 0.25) is 0 Å². The molecule has 2 aromatic rings. The first-order valence-corrected chi connectivity index (χ1v) is 7.96. The SMILES string of the molecule is CC(C)COc1cccc(CCC(O)c2cccs2)c1. The molecule has 0 bridgehead atoms. The van der Waals surface area contributed by atoms with Gasteiger partial charge in [0.1, 0.15) is 5.75 Å². The van der Waals surface area contributed by atoms with Crippen LogP contribution in [0, 0.1) is 5.92 Å². The van der Waals surface area contributed by atoms with E-state index in [1.165, 1.54) is 5.56 Å². The Morgan fingerprint density at radius 3 is 2.75 bits per heavy atom. The number of thiophene rings is 1. The molecule has 0 radical (unpaired) electrons. The predicted octanol–water partition coefficient (Wildman–Crippen LogP) is 4.45. The lowest BCUT2D eigenvalue weighted by Gasteiger charge is -2.11. The van der Waals surface area contributed by atoms with Gasteiger partial charge in [-0.25, -0.2) is 0 Å². The Hall–Kier alpha value is -1.32. The largest absolute Gasteiger partial charge is 0.493 e. The number of aliphatic hydroxyl groups excluding tert-OH is 1. The lowest BCUT2D eigenvalue weighted by molar-refractivity contribution is 0.171. The summed E-state index contributed by atoms with van der Waals surface area (Å²) in [5.74, 6) is 1.45. The molecule has 0 saturated carbocycles. The van der Waals surface area contributed by atoms with Crippen molar-refractivity contribution in [3.05, 3.63) is 52.2 Å². The number of aryl methyl sites for hydroxylation is 1. The maximum atomic E-state index is 10.1. The van der Waals surface area contributed by atoms with Crippen molar-refractivity contribution in [2.24, 2.45) is 5.92 Å². The van der Waals surface area contributed by atoms with Crippen LogP contribution in [0.3, 0.4) is 0 Å². The average molecular weight is 290 g/mol. The van der Waals surface area contributed by atoms with Gasteiger partial charge in [-0.2, -0.15) is 0 Å². The van der Waals surface area contributed by atoms with E-state index in [0.29, 0.717) is 5.92 Å².